The molecule has 0 radical (unpaired) electrons. The molecule has 2 N–H and O–H groups in total. The van der Waals surface area contributed by atoms with E-state index in [1.54, 1.807) is 18.2 Å². The second kappa shape index (κ2) is 11.5. The number of rotatable bonds is 6. The maximum atomic E-state index is 12.1. The molecule has 4 rings (SSSR count). The third-order valence-corrected chi connectivity index (χ3v) is 6.37. The zero-order chi connectivity index (χ0) is 24.1. The number of carbonyl (C=O) groups excluding carboxylic acids is 1. The number of amides is 1. The Balaban J connectivity index is 1.54. The Kier molecular flexibility index (Phi) is 8.71. The van der Waals surface area contributed by atoms with Gasteiger partial charge in [0, 0.05) is 37.3 Å². The quantitative estimate of drug-likeness (QED) is 0.541. The van der Waals surface area contributed by atoms with E-state index in [4.69, 9.17) is 49.0 Å². The Bertz CT molecular complexity index is 964. The number of nitrogens with zero attached hydrogens (tertiary/aromatic N) is 1. The lowest BCUT2D eigenvalue weighted by molar-refractivity contribution is -0.253. The van der Waals surface area contributed by atoms with E-state index in [1.807, 2.05) is 30.3 Å². The van der Waals surface area contributed by atoms with Crippen LogP contribution in [-0.4, -0.2) is 58.7 Å². The average Bonchev–Trinajstić information content (AvgIpc) is 2.84. The van der Waals surface area contributed by atoms with Gasteiger partial charge in [-0.1, -0.05) is 71.2 Å². The van der Waals surface area contributed by atoms with E-state index in [2.05, 4.69) is 10.2 Å². The number of aliphatic hydroxyl groups excluding tert-OH is 1. The molecule has 7 nitrogen and oxygen atoms in total. The van der Waals surface area contributed by atoms with Gasteiger partial charge >= 0.3 is 0 Å². The topological polar surface area (TPSA) is 80.3 Å². The predicted molar refractivity (Wildman–Crippen MR) is 131 cm³/mol. The van der Waals surface area contributed by atoms with Crippen LogP contribution in [0.25, 0.3) is 0 Å². The van der Waals surface area contributed by atoms with Crippen molar-refractivity contribution in [3.05, 3.63) is 65.2 Å². The minimum absolute atomic E-state index is 0.0100. The minimum atomic E-state index is -2.07. The van der Waals surface area contributed by atoms with Crippen molar-refractivity contribution in [2.24, 2.45) is 0 Å². The Labute approximate surface area is 213 Å². The number of hydrogen-bond donors (Lipinski definition) is 2. The van der Waals surface area contributed by atoms with E-state index in [1.165, 1.54) is 0 Å². The largest absolute Gasteiger partial charge is 0.392 e. The molecule has 2 aromatic rings. The molecule has 0 bridgehead atoms. The van der Waals surface area contributed by atoms with Crippen LogP contribution >= 0.6 is 34.8 Å². The summed E-state index contributed by atoms with van der Waals surface area (Å²) < 4.78 is 16.1. The molecule has 0 aromatic heterocycles. The van der Waals surface area contributed by atoms with Crippen molar-refractivity contribution >= 4 is 46.4 Å². The van der Waals surface area contributed by atoms with Gasteiger partial charge < -0.3 is 24.6 Å². The number of ether oxygens (including phenoxy) is 3. The highest BCUT2D eigenvalue weighted by molar-refractivity contribution is 6.76. The molecule has 0 unspecified atom stereocenters. The summed E-state index contributed by atoms with van der Waals surface area (Å²) >= 11 is 17.0. The normalized spacial score (nSPS) is 24.1. The lowest BCUT2D eigenvalue weighted by Gasteiger charge is -2.39. The second-order valence-electron chi connectivity index (χ2n) is 8.34. The molecule has 2 fully saturated rings. The summed E-state index contributed by atoms with van der Waals surface area (Å²) in [5.41, 5.74) is 3.07. The van der Waals surface area contributed by atoms with E-state index >= 15 is 0 Å². The maximum absolute atomic E-state index is 12.1. The SMILES string of the molecule is O=C(Nc1cccc([C@@H]2O[C@H](CN3CCOCC3)C[C@H](c3ccc(CO)cc3)O2)c1)C(Cl)(Cl)Cl. The van der Waals surface area contributed by atoms with Gasteiger partial charge in [0.25, 0.3) is 9.70 Å². The predicted octanol–water partition coefficient (Wildman–Crippen LogP) is 4.37. The third kappa shape index (κ3) is 6.83. The maximum Gasteiger partial charge on any atom is 0.276 e. The van der Waals surface area contributed by atoms with Gasteiger partial charge in [0.2, 0.25) is 0 Å². The smallest absolute Gasteiger partial charge is 0.276 e. The fourth-order valence-corrected chi connectivity index (χ4v) is 4.21. The molecule has 2 saturated heterocycles. The summed E-state index contributed by atoms with van der Waals surface area (Å²) in [5.74, 6) is -0.743. The third-order valence-electron chi connectivity index (χ3n) is 5.85. The van der Waals surface area contributed by atoms with Crippen molar-refractivity contribution in [3.8, 4) is 0 Å². The fraction of sp³-hybridized carbons (Fsp3) is 0.458. The van der Waals surface area contributed by atoms with Gasteiger partial charge in [0.1, 0.15) is 0 Å². The number of halogens is 3. The number of carbonyl (C=O) groups is 1. The van der Waals surface area contributed by atoms with Crippen LogP contribution in [0, 0.1) is 0 Å². The molecule has 2 aromatic carbocycles. The van der Waals surface area contributed by atoms with Crippen molar-refractivity contribution in [2.45, 2.75) is 35.3 Å². The monoisotopic (exact) mass is 528 g/mol. The van der Waals surface area contributed by atoms with Gasteiger partial charge in [-0.2, -0.15) is 0 Å². The Morgan fingerprint density at radius 3 is 2.47 bits per heavy atom. The highest BCUT2D eigenvalue weighted by Crippen LogP contribution is 2.39. The molecule has 0 spiro atoms. The van der Waals surface area contributed by atoms with E-state index in [0.717, 1.165) is 36.3 Å². The highest BCUT2D eigenvalue weighted by Gasteiger charge is 2.34. The zero-order valence-electron chi connectivity index (χ0n) is 18.5. The number of alkyl halides is 3. The van der Waals surface area contributed by atoms with Gasteiger partial charge in [0.15, 0.2) is 6.29 Å². The summed E-state index contributed by atoms with van der Waals surface area (Å²) in [6.07, 6.45) is -0.224. The standard InChI is InChI=1S/C24H27Cl3N2O5/c25-24(26,27)23(31)28-19-3-1-2-18(12-19)22-33-20(14-29-8-10-32-11-9-29)13-21(34-22)17-6-4-16(15-30)5-7-17/h1-7,12,20-22,30H,8-11,13-15H2,(H,28,31)/t20-,21+,22+/m0/s1. The first-order valence-electron chi connectivity index (χ1n) is 11.1. The van der Waals surface area contributed by atoms with Crippen LogP contribution in [0.2, 0.25) is 0 Å². The summed E-state index contributed by atoms with van der Waals surface area (Å²) in [6.45, 7) is 3.90. The second-order valence-corrected chi connectivity index (χ2v) is 10.6. The zero-order valence-corrected chi connectivity index (χ0v) is 20.7. The van der Waals surface area contributed by atoms with Crippen LogP contribution in [0.1, 0.15) is 35.5 Å². The number of aliphatic hydroxyl groups is 1. The van der Waals surface area contributed by atoms with Crippen molar-refractivity contribution in [2.75, 3.05) is 38.2 Å². The van der Waals surface area contributed by atoms with Crippen LogP contribution in [0.5, 0.6) is 0 Å². The van der Waals surface area contributed by atoms with Crippen molar-refractivity contribution < 1.29 is 24.1 Å². The Morgan fingerprint density at radius 2 is 1.79 bits per heavy atom. The molecule has 34 heavy (non-hydrogen) atoms. The Morgan fingerprint density at radius 1 is 1.06 bits per heavy atom. The summed E-state index contributed by atoms with van der Waals surface area (Å²) in [4.78, 5) is 14.4. The van der Waals surface area contributed by atoms with Gasteiger partial charge in [0.05, 0.1) is 32.0 Å². The summed E-state index contributed by atoms with van der Waals surface area (Å²) in [5, 5.41) is 12.0. The molecular formula is C24H27Cl3N2O5. The van der Waals surface area contributed by atoms with Gasteiger partial charge in [-0.25, -0.2) is 0 Å². The van der Waals surface area contributed by atoms with E-state index < -0.39 is 16.0 Å². The number of anilines is 1. The van der Waals surface area contributed by atoms with Crippen LogP contribution in [0.15, 0.2) is 48.5 Å². The number of nitrogens with one attached hydrogen (secondary N) is 1. The van der Waals surface area contributed by atoms with Crippen LogP contribution in [0.3, 0.4) is 0 Å². The van der Waals surface area contributed by atoms with E-state index in [-0.39, 0.29) is 18.8 Å². The van der Waals surface area contributed by atoms with E-state index in [9.17, 15) is 9.90 Å². The first kappa shape index (κ1) is 25.7. The van der Waals surface area contributed by atoms with Gasteiger partial charge in [-0.05, 0) is 23.3 Å². The number of benzene rings is 2. The number of morpholine rings is 1. The van der Waals surface area contributed by atoms with Crippen LogP contribution < -0.4 is 5.32 Å². The Hall–Kier alpha value is -1.42. The molecular weight excluding hydrogens is 503 g/mol. The summed E-state index contributed by atoms with van der Waals surface area (Å²) in [7, 11) is 0. The van der Waals surface area contributed by atoms with Gasteiger partial charge in [-0.3, -0.25) is 9.69 Å². The average molecular weight is 530 g/mol. The first-order valence-corrected chi connectivity index (χ1v) is 12.2. The van der Waals surface area contributed by atoms with E-state index in [0.29, 0.717) is 25.3 Å². The van der Waals surface area contributed by atoms with Crippen molar-refractivity contribution in [1.29, 1.82) is 0 Å². The molecule has 10 heteroatoms. The molecule has 3 atom stereocenters. The molecule has 184 valence electrons. The lowest BCUT2D eigenvalue weighted by atomic mass is 9.99. The van der Waals surface area contributed by atoms with Crippen molar-refractivity contribution in [1.82, 2.24) is 4.90 Å². The fourth-order valence-electron chi connectivity index (χ4n) is 4.07. The molecule has 2 aliphatic heterocycles. The number of hydrogen-bond acceptors (Lipinski definition) is 6. The van der Waals surface area contributed by atoms with Gasteiger partial charge in [-0.15, -0.1) is 0 Å². The molecule has 1 amide bonds. The minimum Gasteiger partial charge on any atom is -0.392 e. The molecule has 2 aliphatic rings. The molecule has 2 heterocycles. The van der Waals surface area contributed by atoms with Crippen LogP contribution in [-0.2, 0) is 25.6 Å². The first-order chi connectivity index (χ1) is 16.3. The summed E-state index contributed by atoms with van der Waals surface area (Å²) in [6, 6.07) is 14.9. The van der Waals surface area contributed by atoms with Crippen LogP contribution in [0.4, 0.5) is 5.69 Å². The lowest BCUT2D eigenvalue weighted by Crippen LogP contribution is -2.44. The van der Waals surface area contributed by atoms with Crippen molar-refractivity contribution in [3.63, 3.8) is 0 Å². The molecule has 0 aliphatic carbocycles. The highest BCUT2D eigenvalue weighted by atomic mass is 35.6. The molecule has 0 saturated carbocycles.